The Bertz CT molecular complexity index is 429. The molecule has 0 fully saturated rings. The molecule has 0 aromatic heterocycles. The summed E-state index contributed by atoms with van der Waals surface area (Å²) in [4.78, 5) is 23.2. The summed E-state index contributed by atoms with van der Waals surface area (Å²) in [7, 11) is 3.57. The smallest absolute Gasteiger partial charge is 0.377 e. The summed E-state index contributed by atoms with van der Waals surface area (Å²) in [6.45, 7) is 0.396. The normalized spacial score (nSPS) is 10.5. The maximum absolute atomic E-state index is 13.5. The highest BCUT2D eigenvalue weighted by atomic mass is 19.1. The van der Waals surface area contributed by atoms with E-state index in [0.29, 0.717) is 12.1 Å². The lowest BCUT2D eigenvalue weighted by Gasteiger charge is -2.10. The van der Waals surface area contributed by atoms with E-state index in [1.54, 1.807) is 19.0 Å². The molecule has 0 atom stereocenters. The third kappa shape index (κ3) is 2.87. The SMILES string of the molecule is CN(C)Cc1ccc(C(=O)C(=O)O)cc1F. The van der Waals surface area contributed by atoms with Gasteiger partial charge in [-0.05, 0) is 20.2 Å². The first-order chi connectivity index (χ1) is 7.41. The zero-order valence-corrected chi connectivity index (χ0v) is 9.03. The molecule has 0 spiro atoms. The largest absolute Gasteiger partial charge is 0.475 e. The van der Waals surface area contributed by atoms with Crippen molar-refractivity contribution in [3.05, 3.63) is 35.1 Å². The van der Waals surface area contributed by atoms with Gasteiger partial charge in [0.25, 0.3) is 5.78 Å². The second kappa shape index (κ2) is 4.85. The molecule has 1 aromatic rings. The Morgan fingerprint density at radius 2 is 2.00 bits per heavy atom. The number of aliphatic carboxylic acids is 1. The van der Waals surface area contributed by atoms with E-state index < -0.39 is 17.6 Å². The van der Waals surface area contributed by atoms with Gasteiger partial charge >= 0.3 is 5.97 Å². The molecule has 4 nitrogen and oxygen atoms in total. The van der Waals surface area contributed by atoms with E-state index >= 15 is 0 Å². The first-order valence-electron chi connectivity index (χ1n) is 4.62. The predicted molar refractivity (Wildman–Crippen MR) is 55.8 cm³/mol. The number of carbonyl (C=O) groups is 2. The molecule has 0 heterocycles. The van der Waals surface area contributed by atoms with Crippen molar-refractivity contribution >= 4 is 11.8 Å². The zero-order valence-electron chi connectivity index (χ0n) is 9.03. The van der Waals surface area contributed by atoms with Gasteiger partial charge in [0.1, 0.15) is 5.82 Å². The lowest BCUT2D eigenvalue weighted by Crippen LogP contribution is -2.15. The molecular weight excluding hydrogens is 213 g/mol. The Morgan fingerprint density at radius 1 is 1.38 bits per heavy atom. The van der Waals surface area contributed by atoms with Gasteiger partial charge in [0.15, 0.2) is 0 Å². The van der Waals surface area contributed by atoms with Crippen molar-refractivity contribution in [3.63, 3.8) is 0 Å². The van der Waals surface area contributed by atoms with Gasteiger partial charge in [-0.2, -0.15) is 0 Å². The lowest BCUT2D eigenvalue weighted by molar-refractivity contribution is -0.131. The van der Waals surface area contributed by atoms with Crippen LogP contribution in [-0.2, 0) is 11.3 Å². The first kappa shape index (κ1) is 12.3. The van der Waals surface area contributed by atoms with Crippen molar-refractivity contribution in [2.24, 2.45) is 0 Å². The lowest BCUT2D eigenvalue weighted by atomic mass is 10.1. The summed E-state index contributed by atoms with van der Waals surface area (Å²) in [6.07, 6.45) is 0. The molecule has 0 bridgehead atoms. The molecule has 0 unspecified atom stereocenters. The minimum atomic E-state index is -1.58. The molecule has 1 N–H and O–H groups in total. The first-order valence-corrected chi connectivity index (χ1v) is 4.62. The van der Waals surface area contributed by atoms with Gasteiger partial charge < -0.3 is 10.0 Å². The molecular formula is C11H12FNO3. The van der Waals surface area contributed by atoms with Crippen molar-refractivity contribution in [1.82, 2.24) is 4.90 Å². The fourth-order valence-corrected chi connectivity index (χ4v) is 1.28. The van der Waals surface area contributed by atoms with Crippen molar-refractivity contribution in [2.45, 2.75) is 6.54 Å². The predicted octanol–water partition coefficient (Wildman–Crippen LogP) is 1.15. The van der Waals surface area contributed by atoms with Crippen LogP contribution in [0.3, 0.4) is 0 Å². The molecule has 0 amide bonds. The number of benzene rings is 1. The van der Waals surface area contributed by atoms with Gasteiger partial charge in [-0.1, -0.05) is 12.1 Å². The number of hydrogen-bond acceptors (Lipinski definition) is 3. The Morgan fingerprint density at radius 3 is 2.44 bits per heavy atom. The standard InChI is InChI=1S/C11H12FNO3/c1-13(2)6-8-4-3-7(5-9(8)12)10(14)11(15)16/h3-5H,6H2,1-2H3,(H,15,16). The summed E-state index contributed by atoms with van der Waals surface area (Å²) in [5.41, 5.74) is 0.277. The number of halogens is 1. The van der Waals surface area contributed by atoms with Gasteiger partial charge in [0.05, 0.1) is 0 Å². The average molecular weight is 225 g/mol. The summed E-state index contributed by atoms with van der Waals surface area (Å²) >= 11 is 0. The van der Waals surface area contributed by atoms with Crippen molar-refractivity contribution in [1.29, 1.82) is 0 Å². The third-order valence-electron chi connectivity index (χ3n) is 2.00. The molecule has 0 radical (unpaired) electrons. The van der Waals surface area contributed by atoms with Crippen molar-refractivity contribution in [2.75, 3.05) is 14.1 Å². The number of ketones is 1. The van der Waals surface area contributed by atoms with Crippen LogP contribution in [0.4, 0.5) is 4.39 Å². The summed E-state index contributed by atoms with van der Waals surface area (Å²) in [6, 6.07) is 3.69. The van der Waals surface area contributed by atoms with Crippen LogP contribution in [0.5, 0.6) is 0 Å². The van der Waals surface area contributed by atoms with Crippen molar-refractivity contribution < 1.29 is 19.1 Å². The van der Waals surface area contributed by atoms with E-state index in [1.807, 2.05) is 0 Å². The summed E-state index contributed by atoms with van der Waals surface area (Å²) in [5, 5.41) is 8.46. The highest BCUT2D eigenvalue weighted by molar-refractivity contribution is 6.39. The van der Waals surface area contributed by atoms with Crippen LogP contribution in [0.2, 0.25) is 0 Å². The topological polar surface area (TPSA) is 57.6 Å². The Hall–Kier alpha value is -1.75. The quantitative estimate of drug-likeness (QED) is 0.617. The molecule has 16 heavy (non-hydrogen) atoms. The summed E-state index contributed by atoms with van der Waals surface area (Å²) in [5.74, 6) is -3.25. The molecule has 0 saturated heterocycles. The number of nitrogens with zero attached hydrogens (tertiary/aromatic N) is 1. The number of carbonyl (C=O) groups excluding carboxylic acids is 1. The van der Waals surface area contributed by atoms with E-state index in [-0.39, 0.29) is 5.56 Å². The van der Waals surface area contributed by atoms with Crippen LogP contribution in [0.15, 0.2) is 18.2 Å². The molecule has 5 heteroatoms. The number of hydrogen-bond donors (Lipinski definition) is 1. The molecule has 1 aromatic carbocycles. The number of Topliss-reactive ketones (excluding diaryl/α,β-unsaturated/α-hetero) is 1. The average Bonchev–Trinajstić information content (AvgIpc) is 2.19. The van der Waals surface area contributed by atoms with Gasteiger partial charge in [0.2, 0.25) is 0 Å². The zero-order chi connectivity index (χ0) is 12.3. The number of carboxylic acids is 1. The Kier molecular flexibility index (Phi) is 3.73. The third-order valence-corrected chi connectivity index (χ3v) is 2.00. The van der Waals surface area contributed by atoms with Crippen LogP contribution in [0.25, 0.3) is 0 Å². The maximum atomic E-state index is 13.5. The number of rotatable bonds is 4. The van der Waals surface area contributed by atoms with Crippen LogP contribution in [0, 0.1) is 5.82 Å². The molecule has 0 aliphatic carbocycles. The van der Waals surface area contributed by atoms with Gasteiger partial charge in [-0.3, -0.25) is 4.79 Å². The van der Waals surface area contributed by atoms with E-state index in [0.717, 1.165) is 6.07 Å². The molecule has 0 saturated carbocycles. The maximum Gasteiger partial charge on any atom is 0.377 e. The van der Waals surface area contributed by atoms with Crippen molar-refractivity contribution in [3.8, 4) is 0 Å². The van der Waals surface area contributed by atoms with E-state index in [1.165, 1.54) is 12.1 Å². The van der Waals surface area contributed by atoms with Gasteiger partial charge in [-0.15, -0.1) is 0 Å². The molecule has 1 rings (SSSR count). The molecule has 86 valence electrons. The van der Waals surface area contributed by atoms with E-state index in [9.17, 15) is 14.0 Å². The van der Waals surface area contributed by atoms with Gasteiger partial charge in [0, 0.05) is 17.7 Å². The van der Waals surface area contributed by atoms with Crippen LogP contribution in [0.1, 0.15) is 15.9 Å². The molecule has 0 aliphatic rings. The van der Waals surface area contributed by atoms with E-state index in [4.69, 9.17) is 5.11 Å². The minimum Gasteiger partial charge on any atom is -0.475 e. The van der Waals surface area contributed by atoms with Crippen LogP contribution >= 0.6 is 0 Å². The van der Waals surface area contributed by atoms with Crippen LogP contribution in [-0.4, -0.2) is 35.9 Å². The highest BCUT2D eigenvalue weighted by Crippen LogP contribution is 2.12. The Labute approximate surface area is 92.3 Å². The highest BCUT2D eigenvalue weighted by Gasteiger charge is 2.16. The Balaban J connectivity index is 2.99. The van der Waals surface area contributed by atoms with E-state index in [2.05, 4.69) is 0 Å². The monoisotopic (exact) mass is 225 g/mol. The summed E-state index contributed by atoms with van der Waals surface area (Å²) < 4.78 is 13.5. The van der Waals surface area contributed by atoms with Crippen LogP contribution < -0.4 is 0 Å². The molecule has 0 aliphatic heterocycles. The second-order valence-corrected chi connectivity index (χ2v) is 3.68. The minimum absolute atomic E-state index is 0.146. The van der Waals surface area contributed by atoms with Gasteiger partial charge in [-0.25, -0.2) is 9.18 Å². The number of carboxylic acid groups (broad SMARTS) is 1. The second-order valence-electron chi connectivity index (χ2n) is 3.68. The fraction of sp³-hybridized carbons (Fsp3) is 0.273. The fourth-order valence-electron chi connectivity index (χ4n) is 1.28.